The number of hydrogen-bond donors (Lipinski definition) is 0. The fourth-order valence-electron chi connectivity index (χ4n) is 2.12. The van der Waals surface area contributed by atoms with E-state index in [0.29, 0.717) is 11.5 Å². The summed E-state index contributed by atoms with van der Waals surface area (Å²) >= 11 is 0. The lowest BCUT2D eigenvalue weighted by Gasteiger charge is -2.04. The van der Waals surface area contributed by atoms with Crippen molar-refractivity contribution in [3.05, 3.63) is 60.0 Å². The molecule has 3 heteroatoms. The second-order valence-electron chi connectivity index (χ2n) is 4.36. The number of nitriles is 1. The average Bonchev–Trinajstić information content (AvgIpc) is 2.46. The summed E-state index contributed by atoms with van der Waals surface area (Å²) in [6, 6.07) is 18.1. The van der Waals surface area contributed by atoms with Gasteiger partial charge in [-0.2, -0.15) is 5.26 Å². The van der Waals surface area contributed by atoms with Crippen LogP contribution in [0.25, 0.3) is 22.0 Å². The fourth-order valence-corrected chi connectivity index (χ4v) is 2.12. The predicted molar refractivity (Wildman–Crippen MR) is 74.4 cm³/mol. The van der Waals surface area contributed by atoms with Gasteiger partial charge in [-0.15, -0.1) is 0 Å². The molecule has 90 valence electrons. The van der Waals surface area contributed by atoms with Crippen LogP contribution in [0.1, 0.15) is 11.5 Å². The Morgan fingerprint density at radius 3 is 2.53 bits per heavy atom. The minimum Gasteiger partial charge on any atom is -0.233 e. The Balaban J connectivity index is 2.19. The van der Waals surface area contributed by atoms with Crippen molar-refractivity contribution in [2.24, 2.45) is 0 Å². The second-order valence-corrected chi connectivity index (χ2v) is 4.36. The molecule has 0 radical (unpaired) electrons. The molecule has 0 unspecified atom stereocenters. The molecule has 0 fully saturated rings. The van der Waals surface area contributed by atoms with E-state index in [9.17, 15) is 0 Å². The van der Waals surface area contributed by atoms with Crippen LogP contribution in [0.5, 0.6) is 0 Å². The molecule has 3 rings (SSSR count). The van der Waals surface area contributed by atoms with Gasteiger partial charge in [0.1, 0.15) is 17.6 Å². The molecule has 0 atom stereocenters. The number of aryl methyl sites for hydroxylation is 1. The van der Waals surface area contributed by atoms with Crippen molar-refractivity contribution in [3.8, 4) is 17.3 Å². The van der Waals surface area contributed by atoms with Gasteiger partial charge in [0.15, 0.2) is 0 Å². The number of rotatable bonds is 1. The Labute approximate surface area is 111 Å². The van der Waals surface area contributed by atoms with E-state index >= 15 is 0 Å². The SMILES string of the molecule is Cc1nc(C#N)cc(-c2ccc3ccccc3c2)n1. The second kappa shape index (κ2) is 4.51. The Morgan fingerprint density at radius 1 is 0.947 bits per heavy atom. The van der Waals surface area contributed by atoms with Crippen LogP contribution in [0, 0.1) is 18.3 Å². The number of aromatic nitrogens is 2. The Bertz CT molecular complexity index is 800. The predicted octanol–water partition coefficient (Wildman–Crippen LogP) is 3.48. The summed E-state index contributed by atoms with van der Waals surface area (Å²) in [4.78, 5) is 8.46. The molecule has 3 nitrogen and oxygen atoms in total. The van der Waals surface area contributed by atoms with E-state index in [4.69, 9.17) is 5.26 Å². The van der Waals surface area contributed by atoms with Crippen LogP contribution in [0.15, 0.2) is 48.5 Å². The fraction of sp³-hybridized carbons (Fsp3) is 0.0625. The van der Waals surface area contributed by atoms with Gasteiger partial charge in [0.2, 0.25) is 0 Å². The van der Waals surface area contributed by atoms with Gasteiger partial charge in [-0.25, -0.2) is 9.97 Å². The Morgan fingerprint density at radius 2 is 1.74 bits per heavy atom. The van der Waals surface area contributed by atoms with Crippen molar-refractivity contribution >= 4 is 10.8 Å². The van der Waals surface area contributed by atoms with Crippen molar-refractivity contribution in [1.29, 1.82) is 5.26 Å². The maximum Gasteiger partial charge on any atom is 0.144 e. The summed E-state index contributed by atoms with van der Waals surface area (Å²) in [5.41, 5.74) is 2.19. The zero-order chi connectivity index (χ0) is 13.2. The van der Waals surface area contributed by atoms with Crippen LogP contribution in [-0.4, -0.2) is 9.97 Å². The normalized spacial score (nSPS) is 10.3. The van der Waals surface area contributed by atoms with E-state index in [1.54, 1.807) is 13.0 Å². The lowest BCUT2D eigenvalue weighted by Crippen LogP contribution is -1.94. The molecule has 0 bridgehead atoms. The highest BCUT2D eigenvalue weighted by Gasteiger charge is 2.05. The molecule has 0 amide bonds. The maximum absolute atomic E-state index is 8.96. The molecule has 3 aromatic rings. The van der Waals surface area contributed by atoms with E-state index in [1.165, 1.54) is 5.39 Å². The van der Waals surface area contributed by atoms with E-state index < -0.39 is 0 Å². The first-order chi connectivity index (χ1) is 9.26. The van der Waals surface area contributed by atoms with Gasteiger partial charge in [-0.3, -0.25) is 0 Å². The van der Waals surface area contributed by atoms with E-state index in [-0.39, 0.29) is 0 Å². The van der Waals surface area contributed by atoms with Crippen LogP contribution in [0.3, 0.4) is 0 Å². The zero-order valence-corrected chi connectivity index (χ0v) is 10.5. The highest BCUT2D eigenvalue weighted by molar-refractivity contribution is 5.86. The first-order valence-electron chi connectivity index (χ1n) is 6.01. The smallest absolute Gasteiger partial charge is 0.144 e. The molecule has 1 heterocycles. The molecular weight excluding hydrogens is 234 g/mol. The van der Waals surface area contributed by atoms with Gasteiger partial charge in [-0.1, -0.05) is 36.4 Å². The van der Waals surface area contributed by atoms with Crippen LogP contribution < -0.4 is 0 Å². The lowest BCUT2D eigenvalue weighted by atomic mass is 10.0. The summed E-state index contributed by atoms with van der Waals surface area (Å²) in [5.74, 6) is 0.613. The van der Waals surface area contributed by atoms with Crippen LogP contribution in [0.2, 0.25) is 0 Å². The molecule has 0 aliphatic rings. The van der Waals surface area contributed by atoms with Gasteiger partial charge in [0.25, 0.3) is 0 Å². The summed E-state index contributed by atoms with van der Waals surface area (Å²) in [5, 5.41) is 11.3. The summed E-state index contributed by atoms with van der Waals surface area (Å²) in [7, 11) is 0. The third-order valence-electron chi connectivity index (χ3n) is 3.00. The monoisotopic (exact) mass is 245 g/mol. The summed E-state index contributed by atoms with van der Waals surface area (Å²) in [6.07, 6.45) is 0. The first kappa shape index (κ1) is 11.4. The van der Waals surface area contributed by atoms with Crippen molar-refractivity contribution in [2.75, 3.05) is 0 Å². The highest BCUT2D eigenvalue weighted by atomic mass is 14.9. The zero-order valence-electron chi connectivity index (χ0n) is 10.5. The van der Waals surface area contributed by atoms with Crippen molar-refractivity contribution in [2.45, 2.75) is 6.92 Å². The number of benzene rings is 2. The largest absolute Gasteiger partial charge is 0.233 e. The van der Waals surface area contributed by atoms with E-state index in [1.807, 2.05) is 18.2 Å². The maximum atomic E-state index is 8.96. The van der Waals surface area contributed by atoms with Gasteiger partial charge in [0, 0.05) is 11.6 Å². The summed E-state index contributed by atoms with van der Waals surface area (Å²) < 4.78 is 0. The molecule has 0 N–H and O–H groups in total. The minimum absolute atomic E-state index is 0.399. The molecule has 0 aliphatic carbocycles. The van der Waals surface area contributed by atoms with Crippen LogP contribution >= 0.6 is 0 Å². The summed E-state index contributed by atoms with van der Waals surface area (Å²) in [6.45, 7) is 1.80. The Hall–Kier alpha value is -2.73. The third kappa shape index (κ3) is 2.16. The number of fused-ring (bicyclic) bond motifs is 1. The quantitative estimate of drug-likeness (QED) is 0.659. The number of hydrogen-bond acceptors (Lipinski definition) is 3. The van der Waals surface area contributed by atoms with Crippen molar-refractivity contribution in [1.82, 2.24) is 9.97 Å². The Kier molecular flexibility index (Phi) is 2.70. The standard InChI is InChI=1S/C16H11N3/c1-11-18-15(10-17)9-16(19-11)14-7-6-12-4-2-3-5-13(12)8-14/h2-9H,1H3. The topological polar surface area (TPSA) is 49.6 Å². The molecular formula is C16H11N3. The molecule has 2 aromatic carbocycles. The number of nitrogens with zero attached hydrogens (tertiary/aromatic N) is 3. The van der Waals surface area contributed by atoms with E-state index in [2.05, 4.69) is 40.3 Å². The van der Waals surface area contributed by atoms with Crippen molar-refractivity contribution < 1.29 is 0 Å². The highest BCUT2D eigenvalue weighted by Crippen LogP contribution is 2.23. The van der Waals surface area contributed by atoms with Crippen molar-refractivity contribution in [3.63, 3.8) is 0 Å². The lowest BCUT2D eigenvalue weighted by molar-refractivity contribution is 1.04. The molecule has 19 heavy (non-hydrogen) atoms. The minimum atomic E-state index is 0.399. The van der Waals surface area contributed by atoms with Gasteiger partial charge < -0.3 is 0 Å². The molecule has 1 aromatic heterocycles. The van der Waals surface area contributed by atoms with Gasteiger partial charge in [0.05, 0.1) is 5.69 Å². The van der Waals surface area contributed by atoms with Gasteiger partial charge >= 0.3 is 0 Å². The molecule has 0 spiro atoms. The first-order valence-corrected chi connectivity index (χ1v) is 6.01. The van der Waals surface area contributed by atoms with Crippen LogP contribution in [-0.2, 0) is 0 Å². The van der Waals surface area contributed by atoms with E-state index in [0.717, 1.165) is 16.6 Å². The van der Waals surface area contributed by atoms with Gasteiger partial charge in [-0.05, 0) is 23.8 Å². The molecule has 0 saturated carbocycles. The molecule has 0 aliphatic heterocycles. The average molecular weight is 245 g/mol. The molecule has 0 saturated heterocycles. The van der Waals surface area contributed by atoms with Crippen LogP contribution in [0.4, 0.5) is 0 Å². The third-order valence-corrected chi connectivity index (χ3v) is 3.00.